The van der Waals surface area contributed by atoms with E-state index in [1.807, 2.05) is 48.5 Å². The predicted octanol–water partition coefficient (Wildman–Crippen LogP) is 2.44. The SMILES string of the molecule is COc1ccc(-c2c(CO)nnn2-c2ccccc2OC)cc1. The van der Waals surface area contributed by atoms with Crippen LogP contribution in [0.5, 0.6) is 11.5 Å². The van der Waals surface area contributed by atoms with E-state index in [0.717, 1.165) is 22.7 Å². The molecule has 1 N–H and O–H groups in total. The molecular weight excluding hydrogens is 294 g/mol. The number of hydrogen-bond acceptors (Lipinski definition) is 5. The second kappa shape index (κ2) is 6.50. The Labute approximate surface area is 133 Å². The maximum atomic E-state index is 9.60. The summed E-state index contributed by atoms with van der Waals surface area (Å²) < 4.78 is 12.3. The Balaban J connectivity index is 2.17. The molecule has 0 saturated carbocycles. The number of benzene rings is 2. The Hall–Kier alpha value is -2.86. The van der Waals surface area contributed by atoms with Crippen molar-refractivity contribution < 1.29 is 14.6 Å². The van der Waals surface area contributed by atoms with E-state index in [9.17, 15) is 5.11 Å². The molecule has 118 valence electrons. The normalized spacial score (nSPS) is 10.6. The van der Waals surface area contributed by atoms with Crippen LogP contribution in [0.3, 0.4) is 0 Å². The summed E-state index contributed by atoms with van der Waals surface area (Å²) >= 11 is 0. The summed E-state index contributed by atoms with van der Waals surface area (Å²) in [5, 5.41) is 17.9. The largest absolute Gasteiger partial charge is 0.497 e. The lowest BCUT2D eigenvalue weighted by molar-refractivity contribution is 0.277. The molecule has 3 rings (SSSR count). The van der Waals surface area contributed by atoms with Crippen molar-refractivity contribution in [2.45, 2.75) is 6.61 Å². The number of aromatic nitrogens is 3. The van der Waals surface area contributed by atoms with Gasteiger partial charge in [-0.1, -0.05) is 17.3 Å². The standard InChI is InChI=1S/C17H17N3O3/c1-22-13-9-7-12(8-10-13)17-14(11-21)18-19-20(17)15-5-3-4-6-16(15)23-2/h3-10,21H,11H2,1-2H3. The first-order valence-corrected chi connectivity index (χ1v) is 7.11. The van der Waals surface area contributed by atoms with Crippen molar-refractivity contribution >= 4 is 0 Å². The summed E-state index contributed by atoms with van der Waals surface area (Å²) in [7, 11) is 3.23. The van der Waals surface area contributed by atoms with Gasteiger partial charge in [0.05, 0.1) is 20.8 Å². The van der Waals surface area contributed by atoms with Crippen LogP contribution in [0.25, 0.3) is 16.9 Å². The Morgan fingerprint density at radius 1 is 1.00 bits per heavy atom. The molecule has 6 heteroatoms. The first kappa shape index (κ1) is 15.1. The van der Waals surface area contributed by atoms with Crippen molar-refractivity contribution in [2.24, 2.45) is 0 Å². The summed E-state index contributed by atoms with van der Waals surface area (Å²) in [5.74, 6) is 1.44. The van der Waals surface area contributed by atoms with Crippen molar-refractivity contribution in [1.82, 2.24) is 15.0 Å². The Morgan fingerprint density at radius 2 is 1.74 bits per heavy atom. The highest BCUT2D eigenvalue weighted by atomic mass is 16.5. The highest BCUT2D eigenvalue weighted by Gasteiger charge is 2.18. The van der Waals surface area contributed by atoms with E-state index in [4.69, 9.17) is 9.47 Å². The molecule has 0 atom stereocenters. The molecule has 1 aromatic heterocycles. The zero-order chi connectivity index (χ0) is 16.2. The monoisotopic (exact) mass is 311 g/mol. The number of hydrogen-bond donors (Lipinski definition) is 1. The van der Waals surface area contributed by atoms with Crippen LogP contribution in [-0.2, 0) is 6.61 Å². The number of aliphatic hydroxyl groups is 1. The Bertz CT molecular complexity index is 797. The fourth-order valence-electron chi connectivity index (χ4n) is 2.43. The molecule has 0 fully saturated rings. The molecule has 1 heterocycles. The molecule has 0 saturated heterocycles. The Kier molecular flexibility index (Phi) is 4.25. The molecule has 0 radical (unpaired) electrons. The molecule has 23 heavy (non-hydrogen) atoms. The molecule has 0 aliphatic carbocycles. The molecule has 0 bridgehead atoms. The topological polar surface area (TPSA) is 69.4 Å². The lowest BCUT2D eigenvalue weighted by Crippen LogP contribution is -2.02. The number of rotatable bonds is 5. The van der Waals surface area contributed by atoms with Gasteiger partial charge in [-0.3, -0.25) is 0 Å². The minimum absolute atomic E-state index is 0.198. The van der Waals surface area contributed by atoms with Gasteiger partial charge >= 0.3 is 0 Å². The number of methoxy groups -OCH3 is 2. The highest BCUT2D eigenvalue weighted by Crippen LogP contribution is 2.30. The zero-order valence-electron chi connectivity index (χ0n) is 12.9. The third-order valence-electron chi connectivity index (χ3n) is 3.57. The van der Waals surface area contributed by atoms with E-state index in [2.05, 4.69) is 10.3 Å². The summed E-state index contributed by atoms with van der Waals surface area (Å²) in [6.07, 6.45) is 0. The summed E-state index contributed by atoms with van der Waals surface area (Å²) in [6.45, 7) is -0.198. The van der Waals surface area contributed by atoms with Gasteiger partial charge in [0.15, 0.2) is 0 Å². The van der Waals surface area contributed by atoms with Gasteiger partial charge in [0.1, 0.15) is 28.6 Å². The van der Waals surface area contributed by atoms with E-state index in [0.29, 0.717) is 11.4 Å². The molecular formula is C17H17N3O3. The molecule has 6 nitrogen and oxygen atoms in total. The molecule has 0 aliphatic heterocycles. The number of aliphatic hydroxyl groups excluding tert-OH is 1. The lowest BCUT2D eigenvalue weighted by Gasteiger charge is -2.11. The minimum Gasteiger partial charge on any atom is -0.497 e. The third kappa shape index (κ3) is 2.76. The Morgan fingerprint density at radius 3 is 2.39 bits per heavy atom. The second-order valence-corrected chi connectivity index (χ2v) is 4.86. The van der Waals surface area contributed by atoms with Crippen LogP contribution in [0.1, 0.15) is 5.69 Å². The fourth-order valence-corrected chi connectivity index (χ4v) is 2.43. The zero-order valence-corrected chi connectivity index (χ0v) is 12.9. The molecule has 3 aromatic rings. The van der Waals surface area contributed by atoms with Crippen LogP contribution in [-0.4, -0.2) is 34.3 Å². The van der Waals surface area contributed by atoms with Crippen molar-refractivity contribution in [3.63, 3.8) is 0 Å². The number of nitrogens with zero attached hydrogens (tertiary/aromatic N) is 3. The van der Waals surface area contributed by atoms with Gasteiger partial charge in [-0.05, 0) is 36.4 Å². The van der Waals surface area contributed by atoms with Gasteiger partial charge in [-0.25, -0.2) is 4.68 Å². The van der Waals surface area contributed by atoms with Crippen molar-refractivity contribution in [3.8, 4) is 28.4 Å². The van der Waals surface area contributed by atoms with E-state index in [1.165, 1.54) is 0 Å². The molecule has 0 amide bonds. The van der Waals surface area contributed by atoms with E-state index < -0.39 is 0 Å². The fraction of sp³-hybridized carbons (Fsp3) is 0.176. The van der Waals surface area contributed by atoms with Crippen LogP contribution >= 0.6 is 0 Å². The average Bonchev–Trinajstić information content (AvgIpc) is 3.05. The lowest BCUT2D eigenvalue weighted by atomic mass is 10.1. The molecule has 0 unspecified atom stereocenters. The van der Waals surface area contributed by atoms with Crippen LogP contribution in [0.4, 0.5) is 0 Å². The molecule has 2 aromatic carbocycles. The van der Waals surface area contributed by atoms with E-state index >= 15 is 0 Å². The first-order valence-electron chi connectivity index (χ1n) is 7.11. The first-order chi connectivity index (χ1) is 11.3. The third-order valence-corrected chi connectivity index (χ3v) is 3.57. The number of para-hydroxylation sites is 2. The van der Waals surface area contributed by atoms with Gasteiger partial charge < -0.3 is 14.6 Å². The van der Waals surface area contributed by atoms with Crippen LogP contribution < -0.4 is 9.47 Å². The van der Waals surface area contributed by atoms with Gasteiger partial charge in [0.2, 0.25) is 0 Å². The summed E-state index contributed by atoms with van der Waals surface area (Å²) in [4.78, 5) is 0. The predicted molar refractivity (Wildman–Crippen MR) is 85.8 cm³/mol. The van der Waals surface area contributed by atoms with Crippen molar-refractivity contribution in [1.29, 1.82) is 0 Å². The maximum Gasteiger partial charge on any atom is 0.144 e. The maximum absolute atomic E-state index is 9.60. The summed E-state index contributed by atoms with van der Waals surface area (Å²) in [5.41, 5.74) is 2.86. The molecule has 0 spiro atoms. The molecule has 0 aliphatic rings. The van der Waals surface area contributed by atoms with E-state index in [1.54, 1.807) is 18.9 Å². The van der Waals surface area contributed by atoms with Crippen molar-refractivity contribution in [3.05, 3.63) is 54.2 Å². The minimum atomic E-state index is -0.198. The van der Waals surface area contributed by atoms with Crippen LogP contribution in [0.15, 0.2) is 48.5 Å². The van der Waals surface area contributed by atoms with Gasteiger partial charge in [-0.15, -0.1) is 5.10 Å². The van der Waals surface area contributed by atoms with Gasteiger partial charge in [0.25, 0.3) is 0 Å². The number of ether oxygens (including phenoxy) is 2. The van der Waals surface area contributed by atoms with E-state index in [-0.39, 0.29) is 6.61 Å². The van der Waals surface area contributed by atoms with Crippen molar-refractivity contribution in [2.75, 3.05) is 14.2 Å². The second-order valence-electron chi connectivity index (χ2n) is 4.86. The summed E-state index contributed by atoms with van der Waals surface area (Å²) in [6, 6.07) is 15.1. The van der Waals surface area contributed by atoms with Crippen LogP contribution in [0, 0.1) is 0 Å². The van der Waals surface area contributed by atoms with Crippen LogP contribution in [0.2, 0.25) is 0 Å². The smallest absolute Gasteiger partial charge is 0.144 e. The average molecular weight is 311 g/mol. The van der Waals surface area contributed by atoms with Gasteiger partial charge in [0, 0.05) is 5.56 Å². The quantitative estimate of drug-likeness (QED) is 0.784. The van der Waals surface area contributed by atoms with Gasteiger partial charge in [-0.2, -0.15) is 0 Å². The highest BCUT2D eigenvalue weighted by molar-refractivity contribution is 5.66.